The molecule has 5 heteroatoms. The van der Waals surface area contributed by atoms with Crippen LogP contribution in [-0.2, 0) is 13.1 Å². The number of benzene rings is 2. The van der Waals surface area contributed by atoms with E-state index >= 15 is 0 Å². The van der Waals surface area contributed by atoms with Crippen LogP contribution < -0.4 is 0 Å². The van der Waals surface area contributed by atoms with Gasteiger partial charge in [-0.25, -0.2) is 4.68 Å². The number of hydrogen-bond donors (Lipinski definition) is 0. The summed E-state index contributed by atoms with van der Waals surface area (Å²) < 4.78 is 7.53. The molecule has 2 aromatic carbocycles. The zero-order valence-electron chi connectivity index (χ0n) is 13.6. The van der Waals surface area contributed by atoms with Gasteiger partial charge in [-0.05, 0) is 54.5 Å². The van der Waals surface area contributed by atoms with Crippen LogP contribution in [0.15, 0.2) is 46.9 Å². The van der Waals surface area contributed by atoms with Gasteiger partial charge in [-0.3, -0.25) is 4.90 Å². The molecule has 0 spiro atoms. The number of fused-ring (bicyclic) bond motifs is 1. The summed E-state index contributed by atoms with van der Waals surface area (Å²) in [6.07, 6.45) is 4.51. The van der Waals surface area contributed by atoms with Gasteiger partial charge in [-0.2, -0.15) is 0 Å². The van der Waals surface area contributed by atoms with Gasteiger partial charge in [0.1, 0.15) is 0 Å². The van der Waals surface area contributed by atoms with Gasteiger partial charge in [0.2, 0.25) is 5.89 Å². The lowest BCUT2D eigenvalue weighted by atomic mass is 10.1. The van der Waals surface area contributed by atoms with Crippen molar-refractivity contribution in [2.45, 2.75) is 32.4 Å². The fourth-order valence-corrected chi connectivity index (χ4v) is 3.52. The highest BCUT2D eigenvalue weighted by Crippen LogP contribution is 2.18. The van der Waals surface area contributed by atoms with Crippen LogP contribution in [-0.4, -0.2) is 27.8 Å². The van der Waals surface area contributed by atoms with E-state index in [1.807, 2.05) is 4.68 Å². The Morgan fingerprint density at radius 3 is 2.62 bits per heavy atom. The lowest BCUT2D eigenvalue weighted by Gasteiger charge is -2.25. The molecule has 1 fully saturated rings. The third-order valence-corrected chi connectivity index (χ3v) is 4.89. The zero-order valence-corrected chi connectivity index (χ0v) is 14.5. The van der Waals surface area contributed by atoms with Crippen molar-refractivity contribution in [2.24, 2.45) is 0 Å². The molecule has 1 aromatic heterocycles. The summed E-state index contributed by atoms with van der Waals surface area (Å²) in [5.74, 6) is 0.687. The van der Waals surface area contributed by atoms with Crippen molar-refractivity contribution >= 4 is 23.0 Å². The molecule has 0 aliphatic carbocycles. The standard InChI is InChI=1S/C19H21N3OS/c24-19-22(14-21-10-4-1-5-11-21)20-18(23-19)13-15-8-9-16-6-2-3-7-17(16)12-15/h2-3,6-9,12H,1,4-5,10-11,13-14H2. The Morgan fingerprint density at radius 2 is 1.79 bits per heavy atom. The van der Waals surface area contributed by atoms with Gasteiger partial charge in [0.25, 0.3) is 4.84 Å². The first-order chi connectivity index (χ1) is 11.8. The second-order valence-electron chi connectivity index (χ2n) is 6.44. The second-order valence-corrected chi connectivity index (χ2v) is 6.79. The normalized spacial score (nSPS) is 15.8. The van der Waals surface area contributed by atoms with Crippen LogP contribution in [0.25, 0.3) is 10.8 Å². The van der Waals surface area contributed by atoms with Crippen LogP contribution in [0, 0.1) is 4.84 Å². The molecular formula is C19H21N3OS. The monoisotopic (exact) mass is 339 g/mol. The SMILES string of the molecule is S=c1oc(Cc2ccc3ccccc3c2)nn1CN1CCCCC1. The molecule has 2 heterocycles. The van der Waals surface area contributed by atoms with Crippen LogP contribution in [0.5, 0.6) is 0 Å². The first-order valence-electron chi connectivity index (χ1n) is 8.55. The van der Waals surface area contributed by atoms with Crippen molar-refractivity contribution < 1.29 is 4.42 Å². The molecule has 0 amide bonds. The molecule has 1 aliphatic rings. The molecule has 4 nitrogen and oxygen atoms in total. The number of hydrogen-bond acceptors (Lipinski definition) is 4. The van der Waals surface area contributed by atoms with Crippen molar-refractivity contribution in [3.8, 4) is 0 Å². The Bertz CT molecular complexity index is 893. The van der Waals surface area contributed by atoms with Gasteiger partial charge in [-0.1, -0.05) is 48.9 Å². The number of likely N-dealkylation sites (tertiary alicyclic amines) is 1. The molecule has 0 N–H and O–H groups in total. The second kappa shape index (κ2) is 6.87. The van der Waals surface area contributed by atoms with Gasteiger partial charge < -0.3 is 4.42 Å². The van der Waals surface area contributed by atoms with E-state index in [4.69, 9.17) is 16.6 Å². The zero-order chi connectivity index (χ0) is 16.4. The van der Waals surface area contributed by atoms with Crippen molar-refractivity contribution in [2.75, 3.05) is 13.1 Å². The summed E-state index contributed by atoms with van der Waals surface area (Å²) in [7, 11) is 0. The first kappa shape index (κ1) is 15.5. The van der Waals surface area contributed by atoms with Crippen LogP contribution in [0.1, 0.15) is 30.7 Å². The van der Waals surface area contributed by atoms with Crippen molar-refractivity contribution in [1.29, 1.82) is 0 Å². The smallest absolute Gasteiger partial charge is 0.288 e. The van der Waals surface area contributed by atoms with Gasteiger partial charge >= 0.3 is 0 Å². The third kappa shape index (κ3) is 3.42. The average Bonchev–Trinajstić information content (AvgIpc) is 2.95. The molecule has 1 saturated heterocycles. The molecular weight excluding hydrogens is 318 g/mol. The number of nitrogens with zero attached hydrogens (tertiary/aromatic N) is 3. The predicted molar refractivity (Wildman–Crippen MR) is 97.5 cm³/mol. The number of piperidine rings is 1. The molecule has 0 atom stereocenters. The summed E-state index contributed by atoms with van der Waals surface area (Å²) in [5, 5.41) is 7.07. The van der Waals surface area contributed by atoms with Crippen molar-refractivity contribution in [3.05, 3.63) is 58.8 Å². The lowest BCUT2D eigenvalue weighted by molar-refractivity contribution is 0.170. The molecule has 4 rings (SSSR count). The van der Waals surface area contributed by atoms with Gasteiger partial charge in [0.15, 0.2) is 0 Å². The number of rotatable bonds is 4. The van der Waals surface area contributed by atoms with E-state index < -0.39 is 0 Å². The molecule has 0 unspecified atom stereocenters. The maximum atomic E-state index is 5.71. The summed E-state index contributed by atoms with van der Waals surface area (Å²) >= 11 is 5.34. The fraction of sp³-hybridized carbons (Fsp3) is 0.368. The maximum absolute atomic E-state index is 5.71. The van der Waals surface area contributed by atoms with Crippen LogP contribution in [0.3, 0.4) is 0 Å². The fourth-order valence-electron chi connectivity index (χ4n) is 3.32. The molecule has 0 saturated carbocycles. The molecule has 124 valence electrons. The van der Waals surface area contributed by atoms with Gasteiger partial charge in [-0.15, -0.1) is 5.10 Å². The van der Waals surface area contributed by atoms with E-state index in [-0.39, 0.29) is 0 Å². The molecule has 1 aliphatic heterocycles. The largest absolute Gasteiger partial charge is 0.414 e. The molecule has 0 radical (unpaired) electrons. The van der Waals surface area contributed by atoms with E-state index in [0.717, 1.165) is 19.8 Å². The van der Waals surface area contributed by atoms with Crippen LogP contribution in [0.4, 0.5) is 0 Å². The predicted octanol–water partition coefficient (Wildman–Crippen LogP) is 4.39. The van der Waals surface area contributed by atoms with E-state index in [9.17, 15) is 0 Å². The number of aromatic nitrogens is 2. The van der Waals surface area contributed by atoms with Gasteiger partial charge in [0, 0.05) is 0 Å². The summed E-state index contributed by atoms with van der Waals surface area (Å²) in [6, 6.07) is 14.8. The van der Waals surface area contributed by atoms with Crippen LogP contribution >= 0.6 is 12.2 Å². The van der Waals surface area contributed by atoms with E-state index in [2.05, 4.69) is 52.5 Å². The topological polar surface area (TPSA) is 34.2 Å². The highest BCUT2D eigenvalue weighted by molar-refractivity contribution is 7.71. The minimum atomic E-state index is 0.469. The summed E-state index contributed by atoms with van der Waals surface area (Å²) in [6.45, 7) is 2.98. The summed E-state index contributed by atoms with van der Waals surface area (Å²) in [4.78, 5) is 2.86. The quantitative estimate of drug-likeness (QED) is 0.660. The van der Waals surface area contributed by atoms with Crippen molar-refractivity contribution in [1.82, 2.24) is 14.7 Å². The summed E-state index contributed by atoms with van der Waals surface area (Å²) in [5.41, 5.74) is 1.19. The Morgan fingerprint density at radius 1 is 1.00 bits per heavy atom. The van der Waals surface area contributed by atoms with E-state index in [1.165, 1.54) is 35.6 Å². The molecule has 0 bridgehead atoms. The van der Waals surface area contributed by atoms with Crippen LogP contribution in [0.2, 0.25) is 0 Å². The Hall–Kier alpha value is -1.98. The minimum absolute atomic E-state index is 0.469. The Labute approximate surface area is 146 Å². The van der Waals surface area contributed by atoms with Crippen molar-refractivity contribution in [3.63, 3.8) is 0 Å². The molecule has 3 aromatic rings. The van der Waals surface area contributed by atoms with Gasteiger partial charge in [0.05, 0.1) is 13.1 Å². The molecule has 24 heavy (non-hydrogen) atoms. The van der Waals surface area contributed by atoms with E-state index in [1.54, 1.807) is 0 Å². The highest BCUT2D eigenvalue weighted by Gasteiger charge is 2.13. The highest BCUT2D eigenvalue weighted by atomic mass is 32.1. The third-order valence-electron chi connectivity index (χ3n) is 4.60. The Balaban J connectivity index is 1.51. The first-order valence-corrected chi connectivity index (χ1v) is 8.96. The minimum Gasteiger partial charge on any atom is -0.414 e. The van der Waals surface area contributed by atoms with E-state index in [0.29, 0.717) is 17.1 Å². The Kier molecular flexibility index (Phi) is 4.45. The lowest BCUT2D eigenvalue weighted by Crippen LogP contribution is -2.32. The average molecular weight is 339 g/mol. The maximum Gasteiger partial charge on any atom is 0.288 e.